The molecule has 0 N–H and O–H groups in total. The molecule has 45 heavy (non-hydrogen) atoms. The van der Waals surface area contributed by atoms with Gasteiger partial charge in [-0.2, -0.15) is 0 Å². The topological polar surface area (TPSA) is 17.8 Å². The van der Waals surface area contributed by atoms with Gasteiger partial charge in [0.15, 0.2) is 0 Å². The van der Waals surface area contributed by atoms with E-state index >= 15 is 0 Å². The lowest BCUT2D eigenvalue weighted by atomic mass is 10.0. The zero-order valence-corrected chi connectivity index (χ0v) is 30.5. The van der Waals surface area contributed by atoms with Gasteiger partial charge in [0.25, 0.3) is 0 Å². The van der Waals surface area contributed by atoms with Crippen LogP contribution in [-0.4, -0.2) is 9.55 Å². The maximum Gasteiger partial charge on any atom is 0.108 e. The molecule has 2 heteroatoms. The third kappa shape index (κ3) is 22.6. The van der Waals surface area contributed by atoms with E-state index in [4.69, 9.17) is 4.98 Å². The van der Waals surface area contributed by atoms with Crippen LogP contribution in [0.2, 0.25) is 0 Å². The monoisotopic (exact) mass is 621 g/mol. The first kappa shape index (κ1) is 39.6. The summed E-state index contributed by atoms with van der Waals surface area (Å²) in [7, 11) is 0. The highest BCUT2D eigenvalue weighted by molar-refractivity contribution is 5.15. The van der Waals surface area contributed by atoms with E-state index in [0.29, 0.717) is 0 Å². The predicted molar refractivity (Wildman–Crippen MR) is 200 cm³/mol. The van der Waals surface area contributed by atoms with E-state index in [2.05, 4.69) is 54.9 Å². The van der Waals surface area contributed by atoms with Crippen molar-refractivity contribution in [3.8, 4) is 0 Å². The number of benzene rings is 1. The summed E-state index contributed by atoms with van der Waals surface area (Å²) in [5, 5.41) is 0. The lowest BCUT2D eigenvalue weighted by Gasteiger charge is -2.08. The summed E-state index contributed by atoms with van der Waals surface area (Å²) in [4.78, 5) is 5.18. The molecule has 0 spiro atoms. The standard InChI is InChI=1S/C43H76N2/c1-3-5-7-9-11-13-15-17-18-19-20-22-24-26-31-38-43-44-42(37-33-36-41-34-29-28-30-35-41)40-45(43)39-32-27-25-23-21-16-14-12-10-8-6-4-2/h28-30,34-35,40H,3-27,31-33,36-39H2,1-2H3. The molecular formula is C43H76N2. The molecule has 0 amide bonds. The van der Waals surface area contributed by atoms with E-state index in [9.17, 15) is 0 Å². The molecule has 2 nitrogen and oxygen atoms in total. The van der Waals surface area contributed by atoms with Crippen LogP contribution in [0.15, 0.2) is 36.5 Å². The normalized spacial score (nSPS) is 11.5. The van der Waals surface area contributed by atoms with Gasteiger partial charge in [-0.3, -0.25) is 0 Å². The Morgan fingerprint density at radius 2 is 0.844 bits per heavy atom. The van der Waals surface area contributed by atoms with Crippen molar-refractivity contribution in [1.82, 2.24) is 9.55 Å². The smallest absolute Gasteiger partial charge is 0.108 e. The van der Waals surface area contributed by atoms with E-state index < -0.39 is 0 Å². The highest BCUT2D eigenvalue weighted by Crippen LogP contribution is 2.17. The second kappa shape index (κ2) is 29.8. The largest absolute Gasteiger partial charge is 0.335 e. The Labute approximate surface area is 282 Å². The number of aromatic nitrogens is 2. The van der Waals surface area contributed by atoms with Gasteiger partial charge in [0.2, 0.25) is 0 Å². The first-order valence-corrected chi connectivity index (χ1v) is 20.4. The van der Waals surface area contributed by atoms with Crippen molar-refractivity contribution in [3.63, 3.8) is 0 Å². The van der Waals surface area contributed by atoms with Crippen molar-refractivity contribution >= 4 is 0 Å². The molecule has 0 saturated heterocycles. The minimum Gasteiger partial charge on any atom is -0.335 e. The number of rotatable bonds is 33. The molecule has 1 heterocycles. The molecule has 0 aliphatic heterocycles. The van der Waals surface area contributed by atoms with E-state index in [1.165, 1.54) is 197 Å². The molecule has 0 saturated carbocycles. The summed E-state index contributed by atoms with van der Waals surface area (Å²) in [6.45, 7) is 5.78. The van der Waals surface area contributed by atoms with Crippen LogP contribution in [0.5, 0.6) is 0 Å². The van der Waals surface area contributed by atoms with Crippen molar-refractivity contribution < 1.29 is 0 Å². The van der Waals surface area contributed by atoms with Gasteiger partial charge >= 0.3 is 0 Å². The van der Waals surface area contributed by atoms with Crippen molar-refractivity contribution in [2.75, 3.05) is 0 Å². The van der Waals surface area contributed by atoms with Crippen LogP contribution < -0.4 is 0 Å². The molecule has 2 aromatic rings. The number of hydrogen-bond donors (Lipinski definition) is 0. The van der Waals surface area contributed by atoms with Gasteiger partial charge in [0.1, 0.15) is 5.82 Å². The van der Waals surface area contributed by atoms with Gasteiger partial charge in [-0.1, -0.05) is 205 Å². The lowest BCUT2D eigenvalue weighted by Crippen LogP contribution is -2.03. The number of hydrogen-bond acceptors (Lipinski definition) is 1. The Kier molecular flexibility index (Phi) is 26.2. The number of unbranched alkanes of at least 4 members (excludes halogenated alkanes) is 25. The molecule has 0 fully saturated rings. The van der Waals surface area contributed by atoms with E-state index in [1.54, 1.807) is 0 Å². The lowest BCUT2D eigenvalue weighted by molar-refractivity contribution is 0.516. The van der Waals surface area contributed by atoms with E-state index in [-0.39, 0.29) is 0 Å². The summed E-state index contributed by atoms with van der Waals surface area (Å²) in [5.41, 5.74) is 2.77. The molecule has 0 unspecified atom stereocenters. The average Bonchev–Trinajstić information content (AvgIpc) is 3.45. The first-order chi connectivity index (χ1) is 22.3. The molecule has 0 radical (unpaired) electrons. The summed E-state index contributed by atoms with van der Waals surface area (Å²) in [5.74, 6) is 1.36. The number of nitrogens with zero attached hydrogens (tertiary/aromatic N) is 2. The fourth-order valence-electron chi connectivity index (χ4n) is 6.92. The SMILES string of the molecule is CCCCCCCCCCCCCCCCCc1nc(CCCc2ccccc2)cn1CCCCCCCCCCCCCC. The van der Waals surface area contributed by atoms with Crippen molar-refractivity contribution in [1.29, 1.82) is 0 Å². The predicted octanol–water partition coefficient (Wildman–Crippen LogP) is 14.2. The number of aryl methyl sites for hydroxylation is 4. The van der Waals surface area contributed by atoms with Crippen molar-refractivity contribution in [3.05, 3.63) is 53.6 Å². The maximum atomic E-state index is 5.18. The second-order valence-corrected chi connectivity index (χ2v) is 14.3. The Bertz CT molecular complexity index is 869. The average molecular weight is 621 g/mol. The van der Waals surface area contributed by atoms with Crippen molar-refractivity contribution in [2.24, 2.45) is 0 Å². The summed E-state index contributed by atoms with van der Waals surface area (Å²) >= 11 is 0. The zero-order chi connectivity index (χ0) is 31.9. The van der Waals surface area contributed by atoms with Gasteiger partial charge in [-0.15, -0.1) is 0 Å². The third-order valence-corrected chi connectivity index (χ3v) is 9.91. The molecule has 2 rings (SSSR count). The molecule has 1 aromatic heterocycles. The Hall–Kier alpha value is -1.57. The van der Waals surface area contributed by atoms with E-state index in [0.717, 1.165) is 25.8 Å². The molecule has 258 valence electrons. The zero-order valence-electron chi connectivity index (χ0n) is 30.5. The molecule has 0 aliphatic rings. The Morgan fingerprint density at radius 3 is 1.31 bits per heavy atom. The van der Waals surface area contributed by atoms with Crippen LogP contribution in [0.25, 0.3) is 0 Å². The number of imidazole rings is 1. The van der Waals surface area contributed by atoms with Crippen LogP contribution in [0, 0.1) is 0 Å². The minimum atomic E-state index is 1.10. The summed E-state index contributed by atoms with van der Waals surface area (Å²) in [6.07, 6.45) is 45.4. The van der Waals surface area contributed by atoms with Crippen LogP contribution in [-0.2, 0) is 25.8 Å². The molecule has 0 aliphatic carbocycles. The first-order valence-electron chi connectivity index (χ1n) is 20.4. The maximum absolute atomic E-state index is 5.18. The molecule has 0 atom stereocenters. The van der Waals surface area contributed by atoms with Crippen LogP contribution in [0.4, 0.5) is 0 Å². The fourth-order valence-corrected chi connectivity index (χ4v) is 6.92. The highest BCUT2D eigenvalue weighted by Gasteiger charge is 2.09. The highest BCUT2D eigenvalue weighted by atomic mass is 15.1. The Morgan fingerprint density at radius 1 is 0.422 bits per heavy atom. The Balaban J connectivity index is 1.59. The summed E-state index contributed by atoms with van der Waals surface area (Å²) < 4.78 is 2.54. The van der Waals surface area contributed by atoms with Gasteiger partial charge in [-0.25, -0.2) is 4.98 Å². The minimum absolute atomic E-state index is 1.10. The summed E-state index contributed by atoms with van der Waals surface area (Å²) in [6, 6.07) is 11.0. The van der Waals surface area contributed by atoms with Gasteiger partial charge in [0.05, 0.1) is 5.69 Å². The van der Waals surface area contributed by atoms with Crippen LogP contribution in [0.3, 0.4) is 0 Å². The second-order valence-electron chi connectivity index (χ2n) is 14.3. The van der Waals surface area contributed by atoms with Gasteiger partial charge < -0.3 is 4.57 Å². The van der Waals surface area contributed by atoms with Crippen LogP contribution in [0.1, 0.15) is 211 Å². The quantitative estimate of drug-likeness (QED) is 0.0726. The fraction of sp³-hybridized carbons (Fsp3) is 0.791. The van der Waals surface area contributed by atoms with Crippen LogP contribution >= 0.6 is 0 Å². The van der Waals surface area contributed by atoms with Gasteiger partial charge in [0, 0.05) is 19.2 Å². The van der Waals surface area contributed by atoms with Crippen molar-refractivity contribution in [2.45, 2.75) is 219 Å². The molecular weight excluding hydrogens is 544 g/mol. The molecule has 1 aromatic carbocycles. The van der Waals surface area contributed by atoms with Gasteiger partial charge in [-0.05, 0) is 37.7 Å². The van der Waals surface area contributed by atoms with E-state index in [1.807, 2.05) is 0 Å². The molecule has 0 bridgehead atoms. The third-order valence-electron chi connectivity index (χ3n) is 9.91.